The maximum Gasteiger partial charge on any atom is 0.253 e. The highest BCUT2D eigenvalue weighted by molar-refractivity contribution is 9.10. The predicted molar refractivity (Wildman–Crippen MR) is 84.4 cm³/mol. The standard InChI is InChI=1S/C14H19BrN2O3S/c1-2-17(9-10-4-3-5-10)14(18)11-6-12(15)8-13(7-11)21(16,19)20/h6-8,10H,2-5,9H2,1H3,(H2,16,19,20). The van der Waals surface area contributed by atoms with Gasteiger partial charge < -0.3 is 4.90 Å². The van der Waals surface area contributed by atoms with E-state index in [0.29, 0.717) is 22.5 Å². The van der Waals surface area contributed by atoms with Crippen LogP contribution in [0.3, 0.4) is 0 Å². The lowest BCUT2D eigenvalue weighted by molar-refractivity contribution is 0.0706. The molecule has 0 heterocycles. The Labute approximate surface area is 133 Å². The number of carbonyl (C=O) groups excluding carboxylic acids is 1. The molecule has 0 spiro atoms. The third-order valence-corrected chi connectivity index (χ3v) is 5.17. The van der Waals surface area contributed by atoms with Crippen molar-refractivity contribution in [3.05, 3.63) is 28.2 Å². The zero-order chi connectivity index (χ0) is 15.6. The van der Waals surface area contributed by atoms with Crippen LogP contribution in [0, 0.1) is 5.92 Å². The molecule has 116 valence electrons. The summed E-state index contributed by atoms with van der Waals surface area (Å²) in [6.07, 6.45) is 3.54. The second kappa shape index (κ2) is 6.46. The molecule has 0 aliphatic heterocycles. The number of carbonyl (C=O) groups is 1. The van der Waals surface area contributed by atoms with Crippen LogP contribution >= 0.6 is 15.9 Å². The molecular weight excluding hydrogens is 356 g/mol. The van der Waals surface area contributed by atoms with Crippen molar-refractivity contribution >= 4 is 31.9 Å². The average Bonchev–Trinajstić information content (AvgIpc) is 2.35. The molecule has 1 aromatic rings. The van der Waals surface area contributed by atoms with Gasteiger partial charge in [-0.05, 0) is 43.9 Å². The molecule has 0 atom stereocenters. The summed E-state index contributed by atoms with van der Waals surface area (Å²) >= 11 is 3.23. The van der Waals surface area contributed by atoms with Crippen LogP contribution in [0.1, 0.15) is 36.5 Å². The highest BCUT2D eigenvalue weighted by Crippen LogP contribution is 2.28. The molecule has 0 aromatic heterocycles. The van der Waals surface area contributed by atoms with Gasteiger partial charge in [-0.3, -0.25) is 4.79 Å². The first-order valence-corrected chi connectivity index (χ1v) is 9.28. The van der Waals surface area contributed by atoms with Crippen LogP contribution in [0.25, 0.3) is 0 Å². The Balaban J connectivity index is 2.26. The fraction of sp³-hybridized carbons (Fsp3) is 0.500. The van der Waals surface area contributed by atoms with E-state index in [0.717, 1.165) is 19.4 Å². The van der Waals surface area contributed by atoms with Gasteiger partial charge in [0, 0.05) is 23.1 Å². The van der Waals surface area contributed by atoms with Crippen molar-refractivity contribution in [1.82, 2.24) is 4.90 Å². The molecule has 1 fully saturated rings. The van der Waals surface area contributed by atoms with Crippen LogP contribution < -0.4 is 5.14 Å². The lowest BCUT2D eigenvalue weighted by Gasteiger charge is -2.32. The van der Waals surface area contributed by atoms with E-state index in [9.17, 15) is 13.2 Å². The van der Waals surface area contributed by atoms with E-state index in [1.165, 1.54) is 18.6 Å². The molecule has 1 amide bonds. The van der Waals surface area contributed by atoms with Crippen molar-refractivity contribution in [1.29, 1.82) is 0 Å². The maximum atomic E-state index is 12.6. The fourth-order valence-corrected chi connectivity index (χ4v) is 3.60. The second-order valence-corrected chi connectivity index (χ2v) is 7.84. The van der Waals surface area contributed by atoms with E-state index in [-0.39, 0.29) is 10.8 Å². The number of nitrogens with two attached hydrogens (primary N) is 1. The van der Waals surface area contributed by atoms with Crippen molar-refractivity contribution in [2.75, 3.05) is 13.1 Å². The van der Waals surface area contributed by atoms with E-state index in [4.69, 9.17) is 5.14 Å². The number of halogens is 1. The molecule has 0 bridgehead atoms. The van der Waals surface area contributed by atoms with Crippen LogP contribution in [0.4, 0.5) is 0 Å². The van der Waals surface area contributed by atoms with Gasteiger partial charge >= 0.3 is 0 Å². The number of hydrogen-bond acceptors (Lipinski definition) is 3. The quantitative estimate of drug-likeness (QED) is 0.858. The third-order valence-electron chi connectivity index (χ3n) is 3.82. The number of benzene rings is 1. The molecular formula is C14H19BrN2O3S. The van der Waals surface area contributed by atoms with Gasteiger partial charge in [0.05, 0.1) is 4.90 Å². The smallest absolute Gasteiger partial charge is 0.253 e. The average molecular weight is 375 g/mol. The molecule has 1 aromatic carbocycles. The minimum absolute atomic E-state index is 0.0556. The SMILES string of the molecule is CCN(CC1CCC1)C(=O)c1cc(Br)cc(S(N)(=O)=O)c1. The van der Waals surface area contributed by atoms with Gasteiger partial charge in [0.2, 0.25) is 10.0 Å². The molecule has 0 saturated heterocycles. The number of sulfonamides is 1. The number of nitrogens with zero attached hydrogens (tertiary/aromatic N) is 1. The van der Waals surface area contributed by atoms with E-state index in [2.05, 4.69) is 15.9 Å². The Kier molecular flexibility index (Phi) is 5.06. The first-order valence-electron chi connectivity index (χ1n) is 6.94. The summed E-state index contributed by atoms with van der Waals surface area (Å²) in [7, 11) is -3.83. The van der Waals surface area contributed by atoms with Crippen LogP contribution in [-0.2, 0) is 10.0 Å². The summed E-state index contributed by atoms with van der Waals surface area (Å²) in [6.45, 7) is 3.26. The second-order valence-electron chi connectivity index (χ2n) is 5.36. The van der Waals surface area contributed by atoms with Crippen molar-refractivity contribution < 1.29 is 13.2 Å². The van der Waals surface area contributed by atoms with E-state index in [1.807, 2.05) is 6.92 Å². The molecule has 2 rings (SSSR count). The summed E-state index contributed by atoms with van der Waals surface area (Å²) < 4.78 is 23.5. The molecule has 7 heteroatoms. The highest BCUT2D eigenvalue weighted by atomic mass is 79.9. The Hall–Kier alpha value is -0.920. The first kappa shape index (κ1) is 16.5. The maximum absolute atomic E-state index is 12.6. The van der Waals surface area contributed by atoms with Crippen molar-refractivity contribution in [3.63, 3.8) is 0 Å². The zero-order valence-electron chi connectivity index (χ0n) is 11.9. The lowest BCUT2D eigenvalue weighted by atomic mass is 9.85. The van der Waals surface area contributed by atoms with Gasteiger partial charge in [-0.15, -0.1) is 0 Å². The Morgan fingerprint density at radius 3 is 2.52 bits per heavy atom. The zero-order valence-corrected chi connectivity index (χ0v) is 14.3. The van der Waals surface area contributed by atoms with Crippen molar-refractivity contribution in [2.24, 2.45) is 11.1 Å². The topological polar surface area (TPSA) is 80.5 Å². The molecule has 21 heavy (non-hydrogen) atoms. The van der Waals surface area contributed by atoms with Crippen molar-refractivity contribution in [2.45, 2.75) is 31.1 Å². The number of rotatable bonds is 5. The molecule has 5 nitrogen and oxygen atoms in total. The lowest BCUT2D eigenvalue weighted by Crippen LogP contribution is -2.37. The van der Waals surface area contributed by atoms with Crippen LogP contribution in [0.2, 0.25) is 0 Å². The van der Waals surface area contributed by atoms with Crippen LogP contribution in [0.5, 0.6) is 0 Å². The molecule has 1 aliphatic rings. The van der Waals surface area contributed by atoms with Crippen LogP contribution in [0.15, 0.2) is 27.6 Å². The summed E-state index contributed by atoms with van der Waals surface area (Å²) in [5.41, 5.74) is 0.342. The van der Waals surface area contributed by atoms with E-state index < -0.39 is 10.0 Å². The summed E-state index contributed by atoms with van der Waals surface area (Å²) in [5.74, 6) is 0.411. The van der Waals surface area contributed by atoms with E-state index >= 15 is 0 Å². The molecule has 0 unspecified atom stereocenters. The van der Waals surface area contributed by atoms with Gasteiger partial charge in [0.1, 0.15) is 0 Å². The van der Waals surface area contributed by atoms with Gasteiger partial charge in [-0.1, -0.05) is 22.4 Å². The highest BCUT2D eigenvalue weighted by Gasteiger charge is 2.24. The van der Waals surface area contributed by atoms with Gasteiger partial charge in [0.15, 0.2) is 0 Å². The molecule has 1 aliphatic carbocycles. The normalized spacial score (nSPS) is 15.6. The van der Waals surface area contributed by atoms with Gasteiger partial charge in [0.25, 0.3) is 5.91 Å². The molecule has 1 saturated carbocycles. The van der Waals surface area contributed by atoms with Gasteiger partial charge in [-0.2, -0.15) is 0 Å². The van der Waals surface area contributed by atoms with E-state index in [1.54, 1.807) is 11.0 Å². The van der Waals surface area contributed by atoms with Crippen molar-refractivity contribution in [3.8, 4) is 0 Å². The van der Waals surface area contributed by atoms with Gasteiger partial charge in [-0.25, -0.2) is 13.6 Å². The minimum atomic E-state index is -3.83. The number of amides is 1. The number of hydrogen-bond donors (Lipinski definition) is 1. The fourth-order valence-electron chi connectivity index (χ4n) is 2.38. The monoisotopic (exact) mass is 374 g/mol. The first-order chi connectivity index (χ1) is 9.81. The summed E-state index contributed by atoms with van der Waals surface area (Å²) in [5, 5.41) is 5.14. The third kappa shape index (κ3) is 4.05. The Morgan fingerprint density at radius 1 is 1.38 bits per heavy atom. The Bertz CT molecular complexity index is 642. The molecule has 2 N–H and O–H groups in total. The number of primary sulfonamides is 1. The summed E-state index contributed by atoms with van der Waals surface area (Å²) in [4.78, 5) is 14.3. The Morgan fingerprint density at radius 2 is 2.05 bits per heavy atom. The predicted octanol–water partition coefficient (Wildman–Crippen LogP) is 2.36. The molecule has 0 radical (unpaired) electrons. The largest absolute Gasteiger partial charge is 0.339 e. The minimum Gasteiger partial charge on any atom is -0.339 e. The van der Waals surface area contributed by atoms with Crippen LogP contribution in [-0.4, -0.2) is 32.3 Å². The summed E-state index contributed by atoms with van der Waals surface area (Å²) in [6, 6.07) is 4.36.